The molecule has 0 saturated heterocycles. The van der Waals surface area contributed by atoms with E-state index in [2.05, 4.69) is 5.32 Å². The Kier molecular flexibility index (Phi) is 2.69. The molecular weight excluding hydrogens is 298 g/mol. The highest BCUT2D eigenvalue weighted by molar-refractivity contribution is 6.15. The van der Waals surface area contributed by atoms with Crippen molar-refractivity contribution in [2.24, 2.45) is 5.92 Å². The van der Waals surface area contributed by atoms with Crippen LogP contribution in [0.1, 0.15) is 26.3 Å². The van der Waals surface area contributed by atoms with Gasteiger partial charge in [-0.1, -0.05) is 42.5 Å². The van der Waals surface area contributed by atoms with Gasteiger partial charge in [0.1, 0.15) is 0 Å². The first-order valence-corrected chi connectivity index (χ1v) is 8.17. The number of carbonyl (C=O) groups excluding carboxylic acids is 2. The largest absolute Gasteiger partial charge is 0.377 e. The Morgan fingerprint density at radius 1 is 0.875 bits per heavy atom. The number of fused-ring (bicyclic) bond motifs is 4. The van der Waals surface area contributed by atoms with Crippen molar-refractivity contribution in [1.82, 2.24) is 0 Å². The standard InChI is InChI=1S/C21H15NO2/c23-20-14-6-2-1-5-12(14)9-13-10-17-19(11-16(13)20)22-18-8-4-3-7-15(18)21(17)24/h1-8,10-11,17,19,22H,9H2. The van der Waals surface area contributed by atoms with Crippen molar-refractivity contribution < 1.29 is 9.59 Å². The van der Waals surface area contributed by atoms with Crippen LogP contribution in [0.4, 0.5) is 5.69 Å². The van der Waals surface area contributed by atoms with Gasteiger partial charge in [-0.15, -0.1) is 0 Å². The van der Waals surface area contributed by atoms with E-state index in [0.717, 1.165) is 33.5 Å². The lowest BCUT2D eigenvalue weighted by atomic mass is 9.73. The summed E-state index contributed by atoms with van der Waals surface area (Å²) in [6.45, 7) is 0. The minimum atomic E-state index is -0.239. The number of nitrogens with one attached hydrogen (secondary N) is 1. The van der Waals surface area contributed by atoms with Crippen molar-refractivity contribution in [2.75, 3.05) is 5.32 Å². The fourth-order valence-corrected chi connectivity index (χ4v) is 3.98. The van der Waals surface area contributed by atoms with Crippen molar-refractivity contribution in [2.45, 2.75) is 12.5 Å². The van der Waals surface area contributed by atoms with Gasteiger partial charge < -0.3 is 5.32 Å². The number of carbonyl (C=O) groups is 2. The van der Waals surface area contributed by atoms with Crippen LogP contribution in [0.2, 0.25) is 0 Å². The van der Waals surface area contributed by atoms with Gasteiger partial charge in [-0.25, -0.2) is 0 Å². The van der Waals surface area contributed by atoms with E-state index in [4.69, 9.17) is 0 Å². The lowest BCUT2D eigenvalue weighted by Crippen LogP contribution is -2.40. The Morgan fingerprint density at radius 3 is 2.50 bits per heavy atom. The molecule has 0 amide bonds. The lowest BCUT2D eigenvalue weighted by molar-refractivity contribution is 0.0930. The van der Waals surface area contributed by atoms with Crippen LogP contribution in [0.5, 0.6) is 0 Å². The first-order valence-electron chi connectivity index (χ1n) is 8.17. The molecule has 3 nitrogen and oxygen atoms in total. The van der Waals surface area contributed by atoms with Crippen LogP contribution in [0.25, 0.3) is 0 Å². The fraction of sp³-hybridized carbons (Fsp3) is 0.143. The number of Topliss-reactive ketones (excluding diaryl/α,β-unsaturated/α-hetero) is 2. The molecule has 0 aromatic heterocycles. The Labute approximate surface area is 139 Å². The number of anilines is 1. The summed E-state index contributed by atoms with van der Waals surface area (Å²) >= 11 is 0. The molecule has 1 heterocycles. The molecule has 0 saturated carbocycles. The number of hydrogen-bond acceptors (Lipinski definition) is 3. The molecule has 0 spiro atoms. The molecule has 2 atom stereocenters. The summed E-state index contributed by atoms with van der Waals surface area (Å²) < 4.78 is 0. The monoisotopic (exact) mass is 313 g/mol. The van der Waals surface area contributed by atoms with Crippen LogP contribution in [-0.2, 0) is 6.42 Å². The van der Waals surface area contributed by atoms with E-state index in [1.165, 1.54) is 0 Å². The predicted molar refractivity (Wildman–Crippen MR) is 92.3 cm³/mol. The van der Waals surface area contributed by atoms with Crippen LogP contribution in [0.3, 0.4) is 0 Å². The van der Waals surface area contributed by atoms with E-state index in [1.807, 2.05) is 60.7 Å². The fourth-order valence-electron chi connectivity index (χ4n) is 3.98. The normalized spacial score (nSPS) is 23.8. The van der Waals surface area contributed by atoms with Gasteiger partial charge in [-0.2, -0.15) is 0 Å². The smallest absolute Gasteiger partial charge is 0.193 e. The van der Waals surface area contributed by atoms with Gasteiger partial charge in [0, 0.05) is 22.4 Å². The molecule has 0 fully saturated rings. The summed E-state index contributed by atoms with van der Waals surface area (Å²) in [7, 11) is 0. The van der Waals surface area contributed by atoms with E-state index in [0.29, 0.717) is 6.42 Å². The zero-order valence-corrected chi connectivity index (χ0v) is 13.0. The molecule has 3 aliphatic rings. The molecule has 0 radical (unpaired) electrons. The highest BCUT2D eigenvalue weighted by atomic mass is 16.1. The van der Waals surface area contributed by atoms with Gasteiger partial charge in [-0.05, 0) is 35.8 Å². The number of rotatable bonds is 0. The second-order valence-corrected chi connectivity index (χ2v) is 6.54. The number of hydrogen-bond donors (Lipinski definition) is 1. The average molecular weight is 313 g/mol. The molecule has 5 rings (SSSR count). The SMILES string of the molecule is O=C1C2=CC3Nc4ccccc4C(=O)C3C=C2Cc2ccccc21. The quantitative estimate of drug-likeness (QED) is 0.808. The second-order valence-electron chi connectivity index (χ2n) is 6.54. The molecule has 2 aliphatic carbocycles. The molecule has 2 aromatic carbocycles. The second kappa shape index (κ2) is 4.78. The van der Waals surface area contributed by atoms with Crippen molar-refractivity contribution in [3.8, 4) is 0 Å². The van der Waals surface area contributed by atoms with Crippen LogP contribution in [0.15, 0.2) is 71.8 Å². The third-order valence-corrected chi connectivity index (χ3v) is 5.16. The number of allylic oxidation sites excluding steroid dienone is 2. The number of para-hydroxylation sites is 1. The molecule has 24 heavy (non-hydrogen) atoms. The van der Waals surface area contributed by atoms with E-state index in [9.17, 15) is 9.59 Å². The van der Waals surface area contributed by atoms with Crippen molar-refractivity contribution in [3.63, 3.8) is 0 Å². The molecule has 1 aliphatic heterocycles. The summed E-state index contributed by atoms with van der Waals surface area (Å²) in [5.74, 6) is -0.0465. The van der Waals surface area contributed by atoms with E-state index in [1.54, 1.807) is 0 Å². The van der Waals surface area contributed by atoms with Crippen LogP contribution >= 0.6 is 0 Å². The summed E-state index contributed by atoms with van der Waals surface area (Å²) in [6.07, 6.45) is 4.66. The molecule has 2 aromatic rings. The Balaban J connectivity index is 1.63. The molecular formula is C21H15NO2. The zero-order chi connectivity index (χ0) is 16.3. The summed E-state index contributed by atoms with van der Waals surface area (Å²) in [5.41, 5.74) is 5.13. The maximum Gasteiger partial charge on any atom is 0.193 e. The maximum absolute atomic E-state index is 12.9. The summed E-state index contributed by atoms with van der Waals surface area (Å²) in [4.78, 5) is 25.7. The number of benzene rings is 2. The minimum Gasteiger partial charge on any atom is -0.377 e. The molecule has 1 N–H and O–H groups in total. The molecule has 116 valence electrons. The molecule has 0 bridgehead atoms. The Bertz CT molecular complexity index is 967. The zero-order valence-electron chi connectivity index (χ0n) is 13.0. The first kappa shape index (κ1) is 13.5. The van der Waals surface area contributed by atoms with Gasteiger partial charge in [0.15, 0.2) is 11.6 Å². The third-order valence-electron chi connectivity index (χ3n) is 5.16. The van der Waals surface area contributed by atoms with Gasteiger partial charge in [0.2, 0.25) is 0 Å². The van der Waals surface area contributed by atoms with Gasteiger partial charge in [0.25, 0.3) is 0 Å². The van der Waals surface area contributed by atoms with Gasteiger partial charge >= 0.3 is 0 Å². The average Bonchev–Trinajstić information content (AvgIpc) is 2.62. The van der Waals surface area contributed by atoms with Gasteiger partial charge in [-0.3, -0.25) is 9.59 Å². The van der Waals surface area contributed by atoms with Crippen molar-refractivity contribution >= 4 is 17.3 Å². The van der Waals surface area contributed by atoms with Crippen LogP contribution in [0, 0.1) is 5.92 Å². The first-order chi connectivity index (χ1) is 11.7. The molecule has 2 unspecified atom stereocenters. The van der Waals surface area contributed by atoms with Crippen molar-refractivity contribution in [3.05, 3.63) is 88.5 Å². The number of ketones is 2. The minimum absolute atomic E-state index is 0.0645. The Morgan fingerprint density at radius 2 is 1.62 bits per heavy atom. The van der Waals surface area contributed by atoms with E-state index < -0.39 is 0 Å². The lowest BCUT2D eigenvalue weighted by Gasteiger charge is -2.35. The van der Waals surface area contributed by atoms with E-state index >= 15 is 0 Å². The van der Waals surface area contributed by atoms with Crippen molar-refractivity contribution in [1.29, 1.82) is 0 Å². The highest BCUT2D eigenvalue weighted by Crippen LogP contribution is 2.39. The van der Waals surface area contributed by atoms with Gasteiger partial charge in [0.05, 0.1) is 12.0 Å². The summed E-state index contributed by atoms with van der Waals surface area (Å²) in [5, 5.41) is 3.41. The highest BCUT2D eigenvalue weighted by Gasteiger charge is 2.38. The van der Waals surface area contributed by atoms with Crippen LogP contribution < -0.4 is 5.32 Å². The molecule has 3 heteroatoms. The van der Waals surface area contributed by atoms with E-state index in [-0.39, 0.29) is 23.5 Å². The maximum atomic E-state index is 12.9. The topological polar surface area (TPSA) is 46.2 Å². The predicted octanol–water partition coefficient (Wildman–Crippen LogP) is 3.59. The third kappa shape index (κ3) is 1.78. The van der Waals surface area contributed by atoms with Crippen LogP contribution in [-0.4, -0.2) is 17.6 Å². The Hall–Kier alpha value is -2.94. The summed E-state index contributed by atoms with van der Waals surface area (Å²) in [6, 6.07) is 15.2.